The summed E-state index contributed by atoms with van der Waals surface area (Å²) in [5.74, 6) is 1.63. The van der Waals surface area contributed by atoms with E-state index >= 15 is 0 Å². The fourth-order valence-corrected chi connectivity index (χ4v) is 3.39. The van der Waals surface area contributed by atoms with E-state index in [-0.39, 0.29) is 12.5 Å². The monoisotopic (exact) mass is 432 g/mol. The lowest BCUT2D eigenvalue weighted by atomic mass is 10.1. The van der Waals surface area contributed by atoms with Crippen LogP contribution in [-0.2, 0) is 6.54 Å². The number of carbonyl (C=O) groups excluding carboxylic acids is 1. The molecular formula is C23H20N4O3S. The fourth-order valence-electron chi connectivity index (χ4n) is 2.92. The molecule has 4 rings (SSSR count). The van der Waals surface area contributed by atoms with E-state index < -0.39 is 0 Å². The first-order valence-electron chi connectivity index (χ1n) is 9.52. The lowest BCUT2D eigenvalue weighted by Gasteiger charge is -2.17. The molecule has 2 heterocycles. The third kappa shape index (κ3) is 5.18. The summed E-state index contributed by atoms with van der Waals surface area (Å²) in [5, 5.41) is 8.11. The third-order valence-electron chi connectivity index (χ3n) is 4.40. The molecule has 0 unspecified atom stereocenters. The fraction of sp³-hybridized carbons (Fsp3) is 0.0870. The Morgan fingerprint density at radius 2 is 1.90 bits per heavy atom. The van der Waals surface area contributed by atoms with Gasteiger partial charge in [-0.2, -0.15) is 4.37 Å². The molecule has 8 heteroatoms. The Morgan fingerprint density at radius 3 is 2.61 bits per heavy atom. The molecule has 0 spiro atoms. The third-order valence-corrected chi connectivity index (χ3v) is 4.99. The van der Waals surface area contributed by atoms with Crippen molar-refractivity contribution in [1.82, 2.24) is 14.7 Å². The van der Waals surface area contributed by atoms with Crippen molar-refractivity contribution < 1.29 is 14.3 Å². The van der Waals surface area contributed by atoms with Crippen LogP contribution in [0, 0.1) is 0 Å². The number of nitrogens with zero attached hydrogens (tertiary/aromatic N) is 2. The molecule has 0 aliphatic rings. The summed E-state index contributed by atoms with van der Waals surface area (Å²) in [6.45, 7) is 0.265. The first-order chi connectivity index (χ1) is 15.2. The summed E-state index contributed by atoms with van der Waals surface area (Å²) in [6, 6.07) is 18.4. The molecule has 156 valence electrons. The lowest BCUT2D eigenvalue weighted by Crippen LogP contribution is -2.24. The second-order valence-electron chi connectivity index (χ2n) is 6.51. The highest BCUT2D eigenvalue weighted by Gasteiger charge is 2.15. The van der Waals surface area contributed by atoms with Crippen LogP contribution in [-0.4, -0.2) is 22.4 Å². The largest absolute Gasteiger partial charge is 0.496 e. The zero-order valence-electron chi connectivity index (χ0n) is 16.7. The standard InChI is InChI=1S/C23H20N4O3S/c1-29-21-12-22(30-18-7-3-2-4-8-18)20(27-17-14-26-31-15-17)11-16(21)13-25-23(28)19-9-5-6-10-24-19/h2-12,14-15,27H,13H2,1H3,(H,25,28). The number of carbonyl (C=O) groups is 1. The number of hydrogen-bond donors (Lipinski definition) is 2. The normalized spacial score (nSPS) is 10.4. The van der Waals surface area contributed by atoms with Crippen LogP contribution in [0.2, 0.25) is 0 Å². The molecule has 0 atom stereocenters. The SMILES string of the molecule is COc1cc(Oc2ccccc2)c(Nc2cnsc2)cc1CNC(=O)c1ccccn1. The molecule has 2 aromatic heterocycles. The van der Waals surface area contributed by atoms with Crippen LogP contribution in [0.3, 0.4) is 0 Å². The number of methoxy groups -OCH3 is 1. The van der Waals surface area contributed by atoms with Crippen LogP contribution < -0.4 is 20.1 Å². The number of aromatic nitrogens is 2. The van der Waals surface area contributed by atoms with Crippen molar-refractivity contribution in [1.29, 1.82) is 0 Å². The molecule has 2 aromatic carbocycles. The molecule has 0 fully saturated rings. The summed E-state index contributed by atoms with van der Waals surface area (Å²) >= 11 is 1.35. The van der Waals surface area contributed by atoms with Gasteiger partial charge in [-0.3, -0.25) is 9.78 Å². The molecule has 0 bridgehead atoms. The number of ether oxygens (including phenoxy) is 2. The minimum Gasteiger partial charge on any atom is -0.496 e. The number of rotatable bonds is 8. The molecule has 31 heavy (non-hydrogen) atoms. The first kappa shape index (κ1) is 20.4. The van der Waals surface area contributed by atoms with Crippen LogP contribution >= 0.6 is 11.5 Å². The van der Waals surface area contributed by atoms with E-state index in [1.165, 1.54) is 11.5 Å². The smallest absolute Gasteiger partial charge is 0.270 e. The molecular weight excluding hydrogens is 412 g/mol. The molecule has 0 saturated carbocycles. The van der Waals surface area contributed by atoms with E-state index in [9.17, 15) is 4.79 Å². The molecule has 2 N–H and O–H groups in total. The predicted molar refractivity (Wildman–Crippen MR) is 120 cm³/mol. The molecule has 1 amide bonds. The van der Waals surface area contributed by atoms with Gasteiger partial charge in [0.05, 0.1) is 24.7 Å². The van der Waals surface area contributed by atoms with E-state index in [1.54, 1.807) is 43.8 Å². The van der Waals surface area contributed by atoms with E-state index in [0.29, 0.717) is 22.9 Å². The molecule has 7 nitrogen and oxygen atoms in total. The minimum absolute atomic E-state index is 0.260. The number of pyridine rings is 1. The van der Waals surface area contributed by atoms with Crippen molar-refractivity contribution in [3.05, 3.63) is 89.7 Å². The molecule has 0 aliphatic carbocycles. The second-order valence-corrected chi connectivity index (χ2v) is 7.17. The molecule has 0 saturated heterocycles. The van der Waals surface area contributed by atoms with Gasteiger partial charge in [-0.15, -0.1) is 0 Å². The molecule has 4 aromatic rings. The van der Waals surface area contributed by atoms with Gasteiger partial charge in [0.15, 0.2) is 5.75 Å². The van der Waals surface area contributed by atoms with Crippen molar-refractivity contribution >= 4 is 28.8 Å². The van der Waals surface area contributed by atoms with Crippen molar-refractivity contribution in [2.75, 3.05) is 12.4 Å². The summed E-state index contributed by atoms with van der Waals surface area (Å²) in [5.41, 5.74) is 2.72. The zero-order valence-corrected chi connectivity index (χ0v) is 17.6. The Bertz CT molecular complexity index is 1140. The topological polar surface area (TPSA) is 85.4 Å². The summed E-state index contributed by atoms with van der Waals surface area (Å²) < 4.78 is 15.8. The Labute approximate surface area is 183 Å². The highest BCUT2D eigenvalue weighted by molar-refractivity contribution is 7.04. The minimum atomic E-state index is -0.260. The summed E-state index contributed by atoms with van der Waals surface area (Å²) in [7, 11) is 1.58. The zero-order chi connectivity index (χ0) is 21.5. The lowest BCUT2D eigenvalue weighted by molar-refractivity contribution is 0.0945. The average molecular weight is 433 g/mol. The number of nitrogens with one attached hydrogen (secondary N) is 2. The van der Waals surface area contributed by atoms with Gasteiger partial charge in [0.1, 0.15) is 17.2 Å². The van der Waals surface area contributed by atoms with Crippen molar-refractivity contribution in [3.63, 3.8) is 0 Å². The Balaban J connectivity index is 1.62. The number of para-hydroxylation sites is 1. The van der Waals surface area contributed by atoms with Crippen molar-refractivity contribution in [2.45, 2.75) is 6.54 Å². The second kappa shape index (κ2) is 9.73. The Kier molecular flexibility index (Phi) is 6.39. The highest BCUT2D eigenvalue weighted by atomic mass is 32.1. The van der Waals surface area contributed by atoms with Gasteiger partial charge in [0.25, 0.3) is 5.91 Å². The van der Waals surface area contributed by atoms with Gasteiger partial charge in [-0.25, -0.2) is 0 Å². The van der Waals surface area contributed by atoms with Gasteiger partial charge >= 0.3 is 0 Å². The van der Waals surface area contributed by atoms with E-state index in [2.05, 4.69) is 20.0 Å². The van der Waals surface area contributed by atoms with E-state index in [1.807, 2.05) is 41.8 Å². The highest BCUT2D eigenvalue weighted by Crippen LogP contribution is 2.37. The summed E-state index contributed by atoms with van der Waals surface area (Å²) in [4.78, 5) is 16.5. The molecule has 0 aliphatic heterocycles. The maximum absolute atomic E-state index is 12.4. The first-order valence-corrected chi connectivity index (χ1v) is 10.4. The van der Waals surface area contributed by atoms with Gasteiger partial charge < -0.3 is 20.1 Å². The average Bonchev–Trinajstić information content (AvgIpc) is 3.33. The van der Waals surface area contributed by atoms with Crippen molar-refractivity contribution in [3.8, 4) is 17.2 Å². The maximum atomic E-state index is 12.4. The van der Waals surface area contributed by atoms with Crippen molar-refractivity contribution in [2.24, 2.45) is 0 Å². The van der Waals surface area contributed by atoms with Gasteiger partial charge in [-0.05, 0) is 41.9 Å². The number of anilines is 2. The van der Waals surface area contributed by atoms with Gasteiger partial charge in [0, 0.05) is 29.8 Å². The van der Waals surface area contributed by atoms with E-state index in [4.69, 9.17) is 9.47 Å². The van der Waals surface area contributed by atoms with Crippen LogP contribution in [0.25, 0.3) is 0 Å². The quantitative estimate of drug-likeness (QED) is 0.407. The van der Waals surface area contributed by atoms with Crippen LogP contribution in [0.5, 0.6) is 17.2 Å². The number of hydrogen-bond acceptors (Lipinski definition) is 7. The van der Waals surface area contributed by atoms with Crippen LogP contribution in [0.4, 0.5) is 11.4 Å². The van der Waals surface area contributed by atoms with Crippen LogP contribution in [0.1, 0.15) is 16.1 Å². The van der Waals surface area contributed by atoms with E-state index in [0.717, 1.165) is 16.9 Å². The Morgan fingerprint density at radius 1 is 1.06 bits per heavy atom. The molecule has 0 radical (unpaired) electrons. The van der Waals surface area contributed by atoms with Gasteiger partial charge in [-0.1, -0.05) is 24.3 Å². The summed E-state index contributed by atoms with van der Waals surface area (Å²) in [6.07, 6.45) is 3.33. The number of amides is 1. The number of benzene rings is 2. The predicted octanol–water partition coefficient (Wildman–Crippen LogP) is 5.01. The maximum Gasteiger partial charge on any atom is 0.270 e. The van der Waals surface area contributed by atoms with Gasteiger partial charge in [0.2, 0.25) is 0 Å². The Hall–Kier alpha value is -3.91. The van der Waals surface area contributed by atoms with Crippen LogP contribution in [0.15, 0.2) is 78.4 Å².